The van der Waals surface area contributed by atoms with Crippen LogP contribution in [0.4, 0.5) is 0 Å². The second kappa shape index (κ2) is 8.98. The smallest absolute Gasteiger partial charge is 0.229 e. The van der Waals surface area contributed by atoms with E-state index < -0.39 is 0 Å². The number of hydrogen-bond acceptors (Lipinski definition) is 2. The Labute approximate surface area is 127 Å². The fraction of sp³-hybridized carbons (Fsp3) is 0.562. The van der Waals surface area contributed by atoms with Crippen LogP contribution >= 0.6 is 12.4 Å². The van der Waals surface area contributed by atoms with Crippen LogP contribution in [0.1, 0.15) is 50.0 Å². The van der Waals surface area contributed by atoms with Crippen molar-refractivity contribution in [3.05, 3.63) is 35.9 Å². The number of nitrogens with two attached hydrogens (primary N) is 1. The van der Waals surface area contributed by atoms with Gasteiger partial charge in [-0.05, 0) is 18.4 Å². The number of halogens is 1. The molecule has 1 aromatic carbocycles. The molecule has 0 aromatic heterocycles. The Morgan fingerprint density at radius 2 is 1.75 bits per heavy atom. The van der Waals surface area contributed by atoms with E-state index in [2.05, 4.69) is 5.32 Å². The summed E-state index contributed by atoms with van der Waals surface area (Å²) in [5.41, 5.74) is 6.79. The van der Waals surface area contributed by atoms with Gasteiger partial charge in [-0.1, -0.05) is 56.0 Å². The molecule has 4 heteroatoms. The molecule has 1 atom stereocenters. The molecule has 3 nitrogen and oxygen atoms in total. The topological polar surface area (TPSA) is 55.1 Å². The van der Waals surface area contributed by atoms with Gasteiger partial charge in [-0.3, -0.25) is 4.79 Å². The molecule has 1 unspecified atom stereocenters. The number of nitrogens with one attached hydrogen (secondary N) is 1. The molecule has 0 aliphatic heterocycles. The van der Waals surface area contributed by atoms with E-state index in [0.717, 1.165) is 18.4 Å². The molecule has 1 saturated carbocycles. The van der Waals surface area contributed by atoms with Gasteiger partial charge in [-0.15, -0.1) is 12.4 Å². The minimum Gasteiger partial charge on any atom is -0.353 e. The first-order valence-electron chi connectivity index (χ1n) is 7.36. The van der Waals surface area contributed by atoms with Crippen molar-refractivity contribution >= 4 is 18.3 Å². The van der Waals surface area contributed by atoms with Crippen LogP contribution < -0.4 is 11.1 Å². The Balaban J connectivity index is 0.00000200. The monoisotopic (exact) mass is 296 g/mol. The van der Waals surface area contributed by atoms with Crippen LogP contribution in [0.25, 0.3) is 0 Å². The Morgan fingerprint density at radius 1 is 1.15 bits per heavy atom. The number of carbonyl (C=O) groups excluding carboxylic acids is 1. The molecule has 1 amide bonds. The van der Waals surface area contributed by atoms with Crippen LogP contribution in [0.2, 0.25) is 0 Å². The zero-order valence-electron chi connectivity index (χ0n) is 11.9. The Morgan fingerprint density at radius 3 is 2.30 bits per heavy atom. The lowest BCUT2D eigenvalue weighted by molar-refractivity contribution is -0.123. The molecule has 2 rings (SSSR count). The van der Waals surface area contributed by atoms with Crippen LogP contribution in [-0.4, -0.2) is 18.5 Å². The van der Waals surface area contributed by atoms with E-state index in [4.69, 9.17) is 5.73 Å². The summed E-state index contributed by atoms with van der Waals surface area (Å²) >= 11 is 0. The second-order valence-electron chi connectivity index (χ2n) is 5.40. The summed E-state index contributed by atoms with van der Waals surface area (Å²) in [5, 5.41) is 3.19. The minimum atomic E-state index is -0.218. The first-order chi connectivity index (χ1) is 9.31. The van der Waals surface area contributed by atoms with E-state index in [1.807, 2.05) is 30.3 Å². The summed E-state index contributed by atoms with van der Waals surface area (Å²) in [6, 6.07) is 10.2. The van der Waals surface area contributed by atoms with E-state index in [1.165, 1.54) is 25.7 Å². The standard InChI is InChI=1S/C16H24N2O.ClH/c17-12-15(13-8-4-3-5-9-13)16(19)18-14-10-6-1-2-7-11-14;/h3-5,8-9,14-15H,1-2,6-7,10-12,17H2,(H,18,19);1H. The van der Waals surface area contributed by atoms with Gasteiger partial charge in [0.2, 0.25) is 5.91 Å². The van der Waals surface area contributed by atoms with Crippen molar-refractivity contribution in [2.24, 2.45) is 5.73 Å². The van der Waals surface area contributed by atoms with Crippen LogP contribution in [0.5, 0.6) is 0 Å². The van der Waals surface area contributed by atoms with Crippen LogP contribution in [0.3, 0.4) is 0 Å². The molecule has 3 N–H and O–H groups in total. The number of rotatable bonds is 4. The van der Waals surface area contributed by atoms with Crippen LogP contribution in [0, 0.1) is 0 Å². The second-order valence-corrected chi connectivity index (χ2v) is 5.40. The largest absolute Gasteiger partial charge is 0.353 e. The van der Waals surface area contributed by atoms with Crippen molar-refractivity contribution in [1.29, 1.82) is 0 Å². The third kappa shape index (κ3) is 4.80. The maximum Gasteiger partial charge on any atom is 0.229 e. The molecule has 1 aliphatic rings. The molecule has 0 heterocycles. The van der Waals surface area contributed by atoms with E-state index in [1.54, 1.807) is 0 Å². The zero-order valence-corrected chi connectivity index (χ0v) is 12.7. The summed E-state index contributed by atoms with van der Waals surface area (Å²) in [7, 11) is 0. The van der Waals surface area contributed by atoms with Crippen molar-refractivity contribution in [2.45, 2.75) is 50.5 Å². The summed E-state index contributed by atoms with van der Waals surface area (Å²) in [5.74, 6) is -0.134. The third-order valence-electron chi connectivity index (χ3n) is 3.96. The molecule has 20 heavy (non-hydrogen) atoms. The van der Waals surface area contributed by atoms with Crippen molar-refractivity contribution in [1.82, 2.24) is 5.32 Å². The van der Waals surface area contributed by atoms with E-state index in [0.29, 0.717) is 12.6 Å². The molecule has 1 aromatic rings. The zero-order chi connectivity index (χ0) is 13.5. The molecule has 112 valence electrons. The van der Waals surface area contributed by atoms with Crippen molar-refractivity contribution in [2.75, 3.05) is 6.54 Å². The average Bonchev–Trinajstić information content (AvgIpc) is 2.69. The first-order valence-corrected chi connectivity index (χ1v) is 7.36. The van der Waals surface area contributed by atoms with Gasteiger partial charge in [0.05, 0.1) is 5.92 Å². The van der Waals surface area contributed by atoms with E-state index >= 15 is 0 Å². The van der Waals surface area contributed by atoms with E-state index in [-0.39, 0.29) is 24.2 Å². The molecular weight excluding hydrogens is 272 g/mol. The summed E-state index contributed by atoms with van der Waals surface area (Å²) < 4.78 is 0. The first kappa shape index (κ1) is 17.0. The Kier molecular flexibility index (Phi) is 7.63. The normalized spacial score (nSPS) is 17.6. The highest BCUT2D eigenvalue weighted by molar-refractivity contribution is 5.85. The molecule has 0 bridgehead atoms. The van der Waals surface area contributed by atoms with Crippen LogP contribution in [0.15, 0.2) is 30.3 Å². The number of benzene rings is 1. The van der Waals surface area contributed by atoms with Gasteiger partial charge in [0.1, 0.15) is 0 Å². The highest BCUT2D eigenvalue weighted by Crippen LogP contribution is 2.19. The molecule has 0 spiro atoms. The molecule has 1 fully saturated rings. The van der Waals surface area contributed by atoms with Gasteiger partial charge in [0, 0.05) is 12.6 Å². The van der Waals surface area contributed by atoms with Crippen molar-refractivity contribution < 1.29 is 4.79 Å². The SMILES string of the molecule is Cl.NCC(C(=O)NC1CCCCCC1)c1ccccc1. The van der Waals surface area contributed by atoms with Gasteiger partial charge in [0.15, 0.2) is 0 Å². The Hall–Kier alpha value is -1.06. The summed E-state index contributed by atoms with van der Waals surface area (Å²) in [4.78, 5) is 12.4. The maximum atomic E-state index is 12.4. The van der Waals surface area contributed by atoms with Gasteiger partial charge in [0.25, 0.3) is 0 Å². The lowest BCUT2D eigenvalue weighted by Crippen LogP contribution is -2.40. The highest BCUT2D eigenvalue weighted by Gasteiger charge is 2.22. The van der Waals surface area contributed by atoms with Gasteiger partial charge in [-0.25, -0.2) is 0 Å². The fourth-order valence-electron chi connectivity index (χ4n) is 2.81. The predicted octanol–water partition coefficient (Wildman–Crippen LogP) is 2.99. The summed E-state index contributed by atoms with van der Waals surface area (Å²) in [6.45, 7) is 0.364. The quantitative estimate of drug-likeness (QED) is 0.839. The highest BCUT2D eigenvalue weighted by atomic mass is 35.5. The lowest BCUT2D eigenvalue weighted by atomic mass is 9.97. The lowest BCUT2D eigenvalue weighted by Gasteiger charge is -2.21. The average molecular weight is 297 g/mol. The number of hydrogen-bond donors (Lipinski definition) is 2. The molecular formula is C16H25ClN2O. The van der Waals surface area contributed by atoms with Gasteiger partial charge in [-0.2, -0.15) is 0 Å². The minimum absolute atomic E-state index is 0. The van der Waals surface area contributed by atoms with E-state index in [9.17, 15) is 4.79 Å². The fourth-order valence-corrected chi connectivity index (χ4v) is 2.81. The van der Waals surface area contributed by atoms with Gasteiger partial charge >= 0.3 is 0 Å². The van der Waals surface area contributed by atoms with Crippen LogP contribution in [-0.2, 0) is 4.79 Å². The van der Waals surface area contributed by atoms with Gasteiger partial charge < -0.3 is 11.1 Å². The third-order valence-corrected chi connectivity index (χ3v) is 3.96. The number of amides is 1. The summed E-state index contributed by atoms with van der Waals surface area (Å²) in [6.07, 6.45) is 7.26. The van der Waals surface area contributed by atoms with Crippen molar-refractivity contribution in [3.8, 4) is 0 Å². The predicted molar refractivity (Wildman–Crippen MR) is 85.1 cm³/mol. The number of carbonyl (C=O) groups is 1. The Bertz CT molecular complexity index is 389. The van der Waals surface area contributed by atoms with Crippen molar-refractivity contribution in [3.63, 3.8) is 0 Å². The molecule has 0 radical (unpaired) electrons. The maximum absolute atomic E-state index is 12.4. The molecule has 0 saturated heterocycles. The molecule has 1 aliphatic carbocycles.